The summed E-state index contributed by atoms with van der Waals surface area (Å²) in [5, 5.41) is 5.25. The summed E-state index contributed by atoms with van der Waals surface area (Å²) in [5.74, 6) is 0.104. The van der Waals surface area contributed by atoms with Crippen molar-refractivity contribution in [3.63, 3.8) is 0 Å². The lowest BCUT2D eigenvalue weighted by atomic mass is 10.1. The van der Waals surface area contributed by atoms with E-state index in [9.17, 15) is 4.79 Å². The zero-order chi connectivity index (χ0) is 18.6. The molecule has 1 amide bonds. The molecular formula is C21H28N3O2S+. The van der Waals surface area contributed by atoms with E-state index in [1.165, 1.54) is 28.3 Å². The monoisotopic (exact) mass is 386 g/mol. The number of benzene rings is 1. The predicted molar refractivity (Wildman–Crippen MR) is 110 cm³/mol. The van der Waals surface area contributed by atoms with E-state index < -0.39 is 0 Å². The van der Waals surface area contributed by atoms with Gasteiger partial charge < -0.3 is 19.9 Å². The number of morpholine rings is 1. The van der Waals surface area contributed by atoms with Gasteiger partial charge in [0.05, 0.1) is 24.6 Å². The number of carbonyl (C=O) groups excluding carboxylic acids is 1. The Morgan fingerprint density at radius 2 is 2.04 bits per heavy atom. The standard InChI is InChI=1S/C21H27N3O2S/c1-16(24-10-2-4-19(24)20-5-3-15-27-20)21(25)22-17-6-8-18(9-7-17)23-11-13-26-14-12-23/h3,5-9,15-16,19H,2,4,10-14H2,1H3,(H,22,25)/p+1/t16-,19+/m0/s1. The fourth-order valence-corrected chi connectivity index (χ4v) is 5.10. The highest BCUT2D eigenvalue weighted by Gasteiger charge is 2.37. The molecule has 5 nitrogen and oxygen atoms in total. The first kappa shape index (κ1) is 18.5. The van der Waals surface area contributed by atoms with Crippen molar-refractivity contribution in [2.24, 2.45) is 0 Å². The Morgan fingerprint density at radius 3 is 2.74 bits per heavy atom. The quantitative estimate of drug-likeness (QED) is 0.829. The zero-order valence-corrected chi connectivity index (χ0v) is 16.6. The third kappa shape index (κ3) is 4.18. The fourth-order valence-electron chi connectivity index (χ4n) is 4.20. The number of carbonyl (C=O) groups is 1. The number of thiophene rings is 1. The average molecular weight is 387 g/mol. The molecule has 2 fully saturated rings. The summed E-state index contributed by atoms with van der Waals surface area (Å²) in [5.41, 5.74) is 2.06. The van der Waals surface area contributed by atoms with Gasteiger partial charge in [0.2, 0.25) is 0 Å². The van der Waals surface area contributed by atoms with E-state index in [1.807, 2.05) is 12.1 Å². The van der Waals surface area contributed by atoms with E-state index >= 15 is 0 Å². The zero-order valence-electron chi connectivity index (χ0n) is 15.8. The molecule has 6 heteroatoms. The maximum Gasteiger partial charge on any atom is 0.282 e. The Labute approximate surface area is 164 Å². The molecule has 2 saturated heterocycles. The van der Waals surface area contributed by atoms with Crippen LogP contribution in [0.5, 0.6) is 0 Å². The van der Waals surface area contributed by atoms with E-state index in [2.05, 4.69) is 46.8 Å². The number of likely N-dealkylation sites (tertiary alicyclic amines) is 1. The van der Waals surface area contributed by atoms with Crippen LogP contribution in [0.4, 0.5) is 11.4 Å². The number of rotatable bonds is 5. The minimum Gasteiger partial charge on any atom is -0.378 e. The highest BCUT2D eigenvalue weighted by molar-refractivity contribution is 7.10. The highest BCUT2D eigenvalue weighted by Crippen LogP contribution is 2.24. The van der Waals surface area contributed by atoms with E-state index in [0.29, 0.717) is 6.04 Å². The summed E-state index contributed by atoms with van der Waals surface area (Å²) < 4.78 is 5.41. The molecule has 0 aliphatic carbocycles. The van der Waals surface area contributed by atoms with Crippen molar-refractivity contribution in [1.82, 2.24) is 0 Å². The van der Waals surface area contributed by atoms with Crippen LogP contribution in [-0.4, -0.2) is 44.8 Å². The minimum atomic E-state index is -0.0569. The molecule has 1 unspecified atom stereocenters. The average Bonchev–Trinajstić information content (AvgIpc) is 3.40. The normalized spacial score (nSPS) is 24.0. The SMILES string of the molecule is C[C@@H](C(=O)Nc1ccc(N2CCOCC2)cc1)[NH+]1CCC[C@@H]1c1cccs1. The van der Waals surface area contributed by atoms with Gasteiger partial charge in [0, 0.05) is 37.3 Å². The van der Waals surface area contributed by atoms with Crippen molar-refractivity contribution < 1.29 is 14.4 Å². The van der Waals surface area contributed by atoms with Crippen LogP contribution in [-0.2, 0) is 9.53 Å². The predicted octanol–water partition coefficient (Wildman–Crippen LogP) is 2.33. The van der Waals surface area contributed by atoms with Crippen LogP contribution in [0, 0.1) is 0 Å². The largest absolute Gasteiger partial charge is 0.378 e. The number of anilines is 2. The maximum atomic E-state index is 12.8. The van der Waals surface area contributed by atoms with Gasteiger partial charge in [-0.2, -0.15) is 0 Å². The second kappa shape index (κ2) is 8.42. The number of nitrogens with zero attached hydrogens (tertiary/aromatic N) is 1. The van der Waals surface area contributed by atoms with Gasteiger partial charge in [0.25, 0.3) is 5.91 Å². The van der Waals surface area contributed by atoms with Crippen molar-refractivity contribution in [3.8, 4) is 0 Å². The Kier molecular flexibility index (Phi) is 5.76. The number of amides is 1. The second-order valence-corrected chi connectivity index (χ2v) is 8.37. The van der Waals surface area contributed by atoms with E-state index in [4.69, 9.17) is 4.74 Å². The van der Waals surface area contributed by atoms with Crippen molar-refractivity contribution in [2.45, 2.75) is 31.8 Å². The number of nitrogens with one attached hydrogen (secondary N) is 2. The Hall–Kier alpha value is -1.89. The Morgan fingerprint density at radius 1 is 1.26 bits per heavy atom. The van der Waals surface area contributed by atoms with Gasteiger partial charge in [-0.25, -0.2) is 0 Å². The lowest BCUT2D eigenvalue weighted by Crippen LogP contribution is -3.15. The summed E-state index contributed by atoms with van der Waals surface area (Å²) in [4.78, 5) is 18.0. The number of quaternary nitrogens is 1. The van der Waals surface area contributed by atoms with Crippen molar-refractivity contribution in [2.75, 3.05) is 43.1 Å². The molecule has 1 aromatic carbocycles. The molecule has 3 heterocycles. The van der Waals surface area contributed by atoms with Crippen LogP contribution in [0.25, 0.3) is 0 Å². The molecule has 0 saturated carbocycles. The van der Waals surface area contributed by atoms with Crippen molar-refractivity contribution in [1.29, 1.82) is 0 Å². The number of hydrogen-bond acceptors (Lipinski definition) is 4. The summed E-state index contributed by atoms with van der Waals surface area (Å²) in [7, 11) is 0. The molecule has 2 aliphatic heterocycles. The van der Waals surface area contributed by atoms with Gasteiger partial charge in [-0.3, -0.25) is 4.79 Å². The topological polar surface area (TPSA) is 46.0 Å². The first-order valence-corrected chi connectivity index (χ1v) is 10.7. The smallest absolute Gasteiger partial charge is 0.282 e. The molecule has 0 spiro atoms. The summed E-state index contributed by atoms with van der Waals surface area (Å²) in [6, 6.07) is 12.9. The van der Waals surface area contributed by atoms with Crippen molar-refractivity contribution in [3.05, 3.63) is 46.7 Å². The molecule has 4 rings (SSSR count). The molecule has 2 aliphatic rings. The second-order valence-electron chi connectivity index (χ2n) is 7.39. The molecule has 2 N–H and O–H groups in total. The van der Waals surface area contributed by atoms with Gasteiger partial charge in [-0.05, 0) is 42.6 Å². The van der Waals surface area contributed by atoms with E-state index in [0.717, 1.165) is 38.5 Å². The van der Waals surface area contributed by atoms with Crippen LogP contribution in [0.1, 0.15) is 30.7 Å². The first-order valence-electron chi connectivity index (χ1n) is 9.85. The van der Waals surface area contributed by atoms with Gasteiger partial charge in [0.1, 0.15) is 6.04 Å². The van der Waals surface area contributed by atoms with Crippen LogP contribution >= 0.6 is 11.3 Å². The van der Waals surface area contributed by atoms with Gasteiger partial charge in [-0.15, -0.1) is 11.3 Å². The molecule has 27 heavy (non-hydrogen) atoms. The van der Waals surface area contributed by atoms with E-state index in [-0.39, 0.29) is 11.9 Å². The van der Waals surface area contributed by atoms with Crippen LogP contribution in [0.2, 0.25) is 0 Å². The lowest BCUT2D eigenvalue weighted by molar-refractivity contribution is -0.931. The molecule has 2 aromatic rings. The maximum absolute atomic E-state index is 12.8. The lowest BCUT2D eigenvalue weighted by Gasteiger charge is -2.29. The minimum absolute atomic E-state index is 0.0569. The number of hydrogen-bond donors (Lipinski definition) is 2. The number of ether oxygens (including phenoxy) is 1. The van der Waals surface area contributed by atoms with Crippen LogP contribution < -0.4 is 15.1 Å². The van der Waals surface area contributed by atoms with Crippen molar-refractivity contribution >= 4 is 28.6 Å². The van der Waals surface area contributed by atoms with Crippen LogP contribution in [0.3, 0.4) is 0 Å². The van der Waals surface area contributed by atoms with Gasteiger partial charge in [-0.1, -0.05) is 6.07 Å². The fraction of sp³-hybridized carbons (Fsp3) is 0.476. The third-order valence-corrected chi connectivity index (χ3v) is 6.74. The van der Waals surface area contributed by atoms with Gasteiger partial charge in [0.15, 0.2) is 6.04 Å². The molecule has 1 aromatic heterocycles. The van der Waals surface area contributed by atoms with Crippen LogP contribution in [0.15, 0.2) is 41.8 Å². The van der Waals surface area contributed by atoms with E-state index in [1.54, 1.807) is 11.3 Å². The molecular weight excluding hydrogens is 358 g/mol. The third-order valence-electron chi connectivity index (χ3n) is 5.75. The molecule has 3 atom stereocenters. The summed E-state index contributed by atoms with van der Waals surface area (Å²) in [6.45, 7) is 6.52. The Balaban J connectivity index is 1.38. The van der Waals surface area contributed by atoms with Gasteiger partial charge >= 0.3 is 0 Å². The summed E-state index contributed by atoms with van der Waals surface area (Å²) in [6.07, 6.45) is 2.35. The molecule has 144 valence electrons. The molecule has 0 bridgehead atoms. The summed E-state index contributed by atoms with van der Waals surface area (Å²) >= 11 is 1.81. The molecule has 0 radical (unpaired) electrons. The highest BCUT2D eigenvalue weighted by atomic mass is 32.1. The first-order chi connectivity index (χ1) is 13.2. The Bertz CT molecular complexity index is 741.